The van der Waals surface area contributed by atoms with Crippen molar-refractivity contribution in [1.29, 1.82) is 0 Å². The molecule has 5 heteroatoms. The fourth-order valence-corrected chi connectivity index (χ4v) is 2.55. The first-order valence-electron chi connectivity index (χ1n) is 6.64. The van der Waals surface area contributed by atoms with Crippen molar-refractivity contribution in [2.45, 2.75) is 13.5 Å². The Hall–Kier alpha value is -2.07. The van der Waals surface area contributed by atoms with Crippen LogP contribution in [0.25, 0.3) is 0 Å². The number of hydrogen-bond donors (Lipinski definition) is 1. The first-order chi connectivity index (χ1) is 10.2. The number of benzene rings is 2. The van der Waals surface area contributed by atoms with Crippen LogP contribution in [0.5, 0.6) is 17.2 Å². The molecule has 0 bridgehead atoms. The molecule has 1 heterocycles. The number of hydrogen-bond acceptors (Lipinski definition) is 4. The van der Waals surface area contributed by atoms with E-state index in [-0.39, 0.29) is 6.79 Å². The van der Waals surface area contributed by atoms with Crippen LogP contribution < -0.4 is 19.5 Å². The van der Waals surface area contributed by atoms with Crippen LogP contribution in [-0.2, 0) is 6.54 Å². The van der Waals surface area contributed by atoms with Crippen LogP contribution in [0, 0.1) is 6.92 Å². The van der Waals surface area contributed by atoms with E-state index in [2.05, 4.69) is 5.32 Å². The highest BCUT2D eigenvalue weighted by atomic mass is 35.5. The van der Waals surface area contributed by atoms with Gasteiger partial charge in [-0.2, -0.15) is 0 Å². The molecule has 3 rings (SSSR count). The summed E-state index contributed by atoms with van der Waals surface area (Å²) < 4.78 is 16.1. The quantitative estimate of drug-likeness (QED) is 0.927. The van der Waals surface area contributed by atoms with Gasteiger partial charge in [0, 0.05) is 6.54 Å². The van der Waals surface area contributed by atoms with E-state index in [1.807, 2.05) is 37.3 Å². The summed E-state index contributed by atoms with van der Waals surface area (Å²) in [6, 6.07) is 9.85. The summed E-state index contributed by atoms with van der Waals surface area (Å²) in [5, 5.41) is 3.91. The molecule has 2 aromatic rings. The van der Waals surface area contributed by atoms with Crippen molar-refractivity contribution < 1.29 is 14.2 Å². The average molecular weight is 306 g/mol. The molecule has 0 saturated heterocycles. The van der Waals surface area contributed by atoms with Gasteiger partial charge >= 0.3 is 0 Å². The fraction of sp³-hybridized carbons (Fsp3) is 0.250. The van der Waals surface area contributed by atoms with Gasteiger partial charge < -0.3 is 19.5 Å². The van der Waals surface area contributed by atoms with Gasteiger partial charge in [-0.25, -0.2) is 0 Å². The Kier molecular flexibility index (Phi) is 3.80. The zero-order valence-electron chi connectivity index (χ0n) is 11.9. The predicted octanol–water partition coefficient (Wildman–Crippen LogP) is 4.00. The lowest BCUT2D eigenvalue weighted by molar-refractivity contribution is 0.174. The molecule has 0 radical (unpaired) electrons. The SMILES string of the molecule is COc1cc(C)ccc1NCc1cc(Cl)c2c(c1)OCO2. The third-order valence-corrected chi connectivity index (χ3v) is 3.61. The van der Waals surface area contributed by atoms with Gasteiger partial charge in [0.15, 0.2) is 11.5 Å². The van der Waals surface area contributed by atoms with Crippen molar-refractivity contribution in [3.63, 3.8) is 0 Å². The number of ether oxygens (including phenoxy) is 3. The number of halogens is 1. The topological polar surface area (TPSA) is 39.7 Å². The predicted molar refractivity (Wildman–Crippen MR) is 82.6 cm³/mol. The van der Waals surface area contributed by atoms with Crippen molar-refractivity contribution in [3.8, 4) is 17.2 Å². The number of aryl methyl sites for hydroxylation is 1. The molecule has 110 valence electrons. The van der Waals surface area contributed by atoms with Gasteiger partial charge in [-0.3, -0.25) is 0 Å². The second kappa shape index (κ2) is 5.74. The summed E-state index contributed by atoms with van der Waals surface area (Å²) in [6.07, 6.45) is 0. The Labute approximate surface area is 128 Å². The fourth-order valence-electron chi connectivity index (χ4n) is 2.26. The minimum Gasteiger partial charge on any atom is -0.495 e. The van der Waals surface area contributed by atoms with E-state index in [1.165, 1.54) is 0 Å². The van der Waals surface area contributed by atoms with E-state index in [0.29, 0.717) is 23.1 Å². The summed E-state index contributed by atoms with van der Waals surface area (Å²) in [5.41, 5.74) is 3.12. The van der Waals surface area contributed by atoms with Crippen LogP contribution in [-0.4, -0.2) is 13.9 Å². The standard InChI is InChI=1S/C16H16ClNO3/c1-10-3-4-13(14(5-10)19-2)18-8-11-6-12(17)16-15(7-11)20-9-21-16/h3-7,18H,8-9H2,1-2H3. The second-order valence-corrected chi connectivity index (χ2v) is 5.28. The second-order valence-electron chi connectivity index (χ2n) is 4.87. The third-order valence-electron chi connectivity index (χ3n) is 3.33. The zero-order valence-corrected chi connectivity index (χ0v) is 12.7. The van der Waals surface area contributed by atoms with E-state index in [0.717, 1.165) is 22.6 Å². The maximum absolute atomic E-state index is 6.18. The highest BCUT2D eigenvalue weighted by Gasteiger charge is 2.18. The molecule has 0 atom stereocenters. The summed E-state index contributed by atoms with van der Waals surface area (Å²) in [5.74, 6) is 2.13. The Bertz CT molecular complexity index is 673. The van der Waals surface area contributed by atoms with E-state index in [1.54, 1.807) is 7.11 Å². The van der Waals surface area contributed by atoms with Crippen LogP contribution >= 0.6 is 11.6 Å². The molecule has 0 aliphatic carbocycles. The Morgan fingerprint density at radius 1 is 1.24 bits per heavy atom. The van der Waals surface area contributed by atoms with Crippen molar-refractivity contribution in [3.05, 3.63) is 46.5 Å². The van der Waals surface area contributed by atoms with Crippen LogP contribution in [0.2, 0.25) is 5.02 Å². The number of rotatable bonds is 4. The largest absolute Gasteiger partial charge is 0.495 e. The minimum absolute atomic E-state index is 0.220. The monoisotopic (exact) mass is 305 g/mol. The van der Waals surface area contributed by atoms with E-state index < -0.39 is 0 Å². The molecule has 0 spiro atoms. The molecule has 0 saturated carbocycles. The van der Waals surface area contributed by atoms with Gasteiger partial charge in [0.05, 0.1) is 17.8 Å². The van der Waals surface area contributed by atoms with Crippen LogP contribution in [0.1, 0.15) is 11.1 Å². The van der Waals surface area contributed by atoms with Crippen molar-refractivity contribution in [2.24, 2.45) is 0 Å². The molecule has 1 aliphatic rings. The van der Waals surface area contributed by atoms with Crippen LogP contribution in [0.15, 0.2) is 30.3 Å². The molecule has 1 aliphatic heterocycles. The molecule has 0 unspecified atom stereocenters. The van der Waals surface area contributed by atoms with Gasteiger partial charge in [-0.15, -0.1) is 0 Å². The first-order valence-corrected chi connectivity index (χ1v) is 7.01. The van der Waals surface area contributed by atoms with Crippen molar-refractivity contribution in [1.82, 2.24) is 0 Å². The highest BCUT2D eigenvalue weighted by Crippen LogP contribution is 2.40. The maximum Gasteiger partial charge on any atom is 0.231 e. The summed E-state index contributed by atoms with van der Waals surface area (Å²) >= 11 is 6.18. The van der Waals surface area contributed by atoms with Crippen LogP contribution in [0.3, 0.4) is 0 Å². The van der Waals surface area contributed by atoms with E-state index >= 15 is 0 Å². The lowest BCUT2D eigenvalue weighted by Crippen LogP contribution is -2.01. The molecule has 4 nitrogen and oxygen atoms in total. The smallest absolute Gasteiger partial charge is 0.231 e. The van der Waals surface area contributed by atoms with Gasteiger partial charge in [0.1, 0.15) is 5.75 Å². The lowest BCUT2D eigenvalue weighted by atomic mass is 10.1. The van der Waals surface area contributed by atoms with Gasteiger partial charge in [0.25, 0.3) is 0 Å². The Balaban J connectivity index is 1.78. The Morgan fingerprint density at radius 3 is 2.90 bits per heavy atom. The molecule has 0 amide bonds. The first kappa shape index (κ1) is 13.9. The molecule has 0 fully saturated rings. The molecule has 0 aromatic heterocycles. The van der Waals surface area contributed by atoms with E-state index in [9.17, 15) is 0 Å². The van der Waals surface area contributed by atoms with Gasteiger partial charge in [-0.05, 0) is 42.3 Å². The molecule has 1 N–H and O–H groups in total. The summed E-state index contributed by atoms with van der Waals surface area (Å²) in [6.45, 7) is 2.87. The van der Waals surface area contributed by atoms with E-state index in [4.69, 9.17) is 25.8 Å². The Morgan fingerprint density at radius 2 is 2.10 bits per heavy atom. The molecule has 21 heavy (non-hydrogen) atoms. The van der Waals surface area contributed by atoms with Crippen molar-refractivity contribution >= 4 is 17.3 Å². The minimum atomic E-state index is 0.220. The number of nitrogens with one attached hydrogen (secondary N) is 1. The number of fused-ring (bicyclic) bond motifs is 1. The average Bonchev–Trinajstić information content (AvgIpc) is 2.94. The third kappa shape index (κ3) is 2.85. The van der Waals surface area contributed by atoms with Gasteiger partial charge in [0.2, 0.25) is 6.79 Å². The number of anilines is 1. The van der Waals surface area contributed by atoms with Crippen molar-refractivity contribution in [2.75, 3.05) is 19.2 Å². The normalized spacial score (nSPS) is 12.3. The van der Waals surface area contributed by atoms with Crippen LogP contribution in [0.4, 0.5) is 5.69 Å². The summed E-state index contributed by atoms with van der Waals surface area (Å²) in [4.78, 5) is 0. The lowest BCUT2D eigenvalue weighted by Gasteiger charge is -2.12. The number of methoxy groups -OCH3 is 1. The van der Waals surface area contributed by atoms with Gasteiger partial charge in [-0.1, -0.05) is 17.7 Å². The molecule has 2 aromatic carbocycles. The summed E-state index contributed by atoms with van der Waals surface area (Å²) in [7, 11) is 1.66. The molecular weight excluding hydrogens is 290 g/mol. The highest BCUT2D eigenvalue weighted by molar-refractivity contribution is 6.32. The molecular formula is C16H16ClNO3. The zero-order chi connectivity index (χ0) is 14.8. The maximum atomic E-state index is 6.18.